The smallest absolute Gasteiger partial charge is 0.161 e. The first-order valence-electron chi connectivity index (χ1n) is 6.67. The summed E-state index contributed by atoms with van der Waals surface area (Å²) >= 11 is 0. The first-order chi connectivity index (χ1) is 10.3. The quantitative estimate of drug-likeness (QED) is 0.576. The lowest BCUT2D eigenvalue weighted by Gasteiger charge is -2.04. The van der Waals surface area contributed by atoms with Gasteiger partial charge in [-0.25, -0.2) is 9.97 Å². The predicted molar refractivity (Wildman–Crippen MR) is 84.7 cm³/mol. The van der Waals surface area contributed by atoms with Gasteiger partial charge < -0.3 is 5.73 Å². The van der Waals surface area contributed by atoms with Gasteiger partial charge in [-0.05, 0) is 29.7 Å². The lowest BCUT2D eigenvalue weighted by Crippen LogP contribution is -1.92. The Balaban J connectivity index is 1.89. The largest absolute Gasteiger partial charge is 0.384 e. The molecule has 0 unspecified atom stereocenters. The van der Waals surface area contributed by atoms with Crippen molar-refractivity contribution >= 4 is 27.6 Å². The Bertz CT molecular complexity index is 963. The van der Waals surface area contributed by atoms with Gasteiger partial charge in [-0.1, -0.05) is 24.3 Å². The summed E-state index contributed by atoms with van der Waals surface area (Å²) in [5, 5.41) is 3.25. The highest BCUT2D eigenvalue weighted by Crippen LogP contribution is 2.24. The summed E-state index contributed by atoms with van der Waals surface area (Å²) in [7, 11) is 0. The topological polar surface area (TPSA) is 64.7 Å². The highest BCUT2D eigenvalue weighted by molar-refractivity contribution is 5.87. The summed E-state index contributed by atoms with van der Waals surface area (Å²) in [6, 6.07) is 16.0. The van der Waals surface area contributed by atoms with E-state index in [9.17, 15) is 0 Å². The molecule has 0 spiro atoms. The normalized spacial score (nSPS) is 11.0. The van der Waals surface area contributed by atoms with Crippen molar-refractivity contribution in [3.63, 3.8) is 0 Å². The molecule has 0 aliphatic rings. The fraction of sp³-hybridized carbons (Fsp3) is 0. The Labute approximate surface area is 121 Å². The molecule has 3 aromatic heterocycles. The van der Waals surface area contributed by atoms with Gasteiger partial charge in [0.1, 0.15) is 5.82 Å². The molecular weight excluding hydrogens is 260 g/mol. The van der Waals surface area contributed by atoms with E-state index in [0.29, 0.717) is 11.5 Å². The molecule has 0 amide bonds. The summed E-state index contributed by atoms with van der Waals surface area (Å²) < 4.78 is 0. The first-order valence-corrected chi connectivity index (χ1v) is 6.67. The highest BCUT2D eigenvalue weighted by Gasteiger charge is 2.04. The van der Waals surface area contributed by atoms with Crippen LogP contribution in [0.25, 0.3) is 33.1 Å². The second kappa shape index (κ2) is 4.52. The van der Waals surface area contributed by atoms with Crippen LogP contribution >= 0.6 is 0 Å². The number of aromatic nitrogens is 3. The minimum absolute atomic E-state index is 0.478. The molecule has 0 atom stereocenters. The molecule has 21 heavy (non-hydrogen) atoms. The van der Waals surface area contributed by atoms with Crippen molar-refractivity contribution in [2.45, 2.75) is 0 Å². The SMILES string of the molecule is Nc1ccc2cc(-c3cc4ccccc4cn3)cnc2n1. The van der Waals surface area contributed by atoms with Crippen LogP contribution in [0.1, 0.15) is 0 Å². The van der Waals surface area contributed by atoms with Crippen LogP contribution in [-0.4, -0.2) is 15.0 Å². The van der Waals surface area contributed by atoms with Crippen LogP contribution in [0.5, 0.6) is 0 Å². The summed E-state index contributed by atoms with van der Waals surface area (Å²) in [5.74, 6) is 0.478. The Morgan fingerprint density at radius 2 is 1.62 bits per heavy atom. The standard InChI is InChI=1S/C17H12N4/c18-16-6-5-12-7-14(10-20-17(12)21-16)15-8-11-3-1-2-4-13(11)9-19-15/h1-10H,(H2,18,20,21). The molecule has 0 saturated heterocycles. The molecule has 0 aliphatic carbocycles. The van der Waals surface area contributed by atoms with Crippen molar-refractivity contribution in [1.29, 1.82) is 0 Å². The molecule has 0 aliphatic heterocycles. The van der Waals surface area contributed by atoms with E-state index in [1.54, 1.807) is 12.3 Å². The van der Waals surface area contributed by atoms with Gasteiger partial charge in [-0.3, -0.25) is 4.98 Å². The van der Waals surface area contributed by atoms with E-state index in [1.807, 2.05) is 30.5 Å². The predicted octanol–water partition coefficient (Wildman–Crippen LogP) is 3.43. The fourth-order valence-electron chi connectivity index (χ4n) is 2.41. The molecular formula is C17H12N4. The Morgan fingerprint density at radius 1 is 0.762 bits per heavy atom. The number of nitrogens with two attached hydrogens (primary N) is 1. The zero-order valence-corrected chi connectivity index (χ0v) is 11.2. The minimum Gasteiger partial charge on any atom is -0.384 e. The molecule has 4 rings (SSSR count). The van der Waals surface area contributed by atoms with E-state index in [-0.39, 0.29) is 0 Å². The number of hydrogen-bond acceptors (Lipinski definition) is 4. The number of nitrogen functional groups attached to an aromatic ring is 1. The molecule has 1 aromatic carbocycles. The van der Waals surface area contributed by atoms with E-state index in [4.69, 9.17) is 5.73 Å². The van der Waals surface area contributed by atoms with Gasteiger partial charge in [0.25, 0.3) is 0 Å². The molecule has 0 saturated carbocycles. The van der Waals surface area contributed by atoms with Gasteiger partial charge in [0.15, 0.2) is 5.65 Å². The fourth-order valence-corrected chi connectivity index (χ4v) is 2.41. The lowest BCUT2D eigenvalue weighted by molar-refractivity contribution is 1.28. The van der Waals surface area contributed by atoms with Gasteiger partial charge in [0.05, 0.1) is 5.69 Å². The van der Waals surface area contributed by atoms with Gasteiger partial charge in [0.2, 0.25) is 0 Å². The number of benzene rings is 1. The number of hydrogen-bond donors (Lipinski definition) is 1. The maximum atomic E-state index is 5.67. The van der Waals surface area contributed by atoms with Crippen molar-refractivity contribution in [2.24, 2.45) is 0 Å². The minimum atomic E-state index is 0.478. The highest BCUT2D eigenvalue weighted by atomic mass is 14.9. The Hall–Kier alpha value is -3.01. The summed E-state index contributed by atoms with van der Waals surface area (Å²) in [4.78, 5) is 13.1. The van der Waals surface area contributed by atoms with Crippen LogP contribution in [0.15, 0.2) is 60.9 Å². The number of pyridine rings is 3. The van der Waals surface area contributed by atoms with Gasteiger partial charge in [-0.2, -0.15) is 0 Å². The number of rotatable bonds is 1. The number of nitrogens with zero attached hydrogens (tertiary/aromatic N) is 3. The molecule has 4 heteroatoms. The van der Waals surface area contributed by atoms with Gasteiger partial charge in [0, 0.05) is 28.7 Å². The summed E-state index contributed by atoms with van der Waals surface area (Å²) in [5.41, 5.74) is 8.20. The summed E-state index contributed by atoms with van der Waals surface area (Å²) in [6.07, 6.45) is 3.67. The van der Waals surface area contributed by atoms with E-state index in [1.165, 1.54) is 0 Å². The van der Waals surface area contributed by atoms with Crippen LogP contribution in [0.4, 0.5) is 5.82 Å². The molecule has 0 radical (unpaired) electrons. The average Bonchev–Trinajstić information content (AvgIpc) is 2.54. The van der Waals surface area contributed by atoms with Crippen LogP contribution < -0.4 is 5.73 Å². The molecule has 4 nitrogen and oxygen atoms in total. The Morgan fingerprint density at radius 3 is 2.52 bits per heavy atom. The van der Waals surface area contributed by atoms with Gasteiger partial charge >= 0.3 is 0 Å². The number of anilines is 1. The third-order valence-electron chi connectivity index (χ3n) is 3.49. The average molecular weight is 272 g/mol. The molecule has 4 aromatic rings. The molecule has 3 heterocycles. The van der Waals surface area contributed by atoms with Crippen LogP contribution in [0.2, 0.25) is 0 Å². The maximum absolute atomic E-state index is 5.67. The van der Waals surface area contributed by atoms with Crippen molar-refractivity contribution in [3.8, 4) is 11.3 Å². The molecule has 0 fully saturated rings. The third kappa shape index (κ3) is 2.07. The summed E-state index contributed by atoms with van der Waals surface area (Å²) in [6.45, 7) is 0. The molecule has 100 valence electrons. The first kappa shape index (κ1) is 11.8. The van der Waals surface area contributed by atoms with Crippen molar-refractivity contribution in [2.75, 3.05) is 5.73 Å². The van der Waals surface area contributed by atoms with E-state index >= 15 is 0 Å². The monoisotopic (exact) mass is 272 g/mol. The van der Waals surface area contributed by atoms with Gasteiger partial charge in [-0.15, -0.1) is 0 Å². The molecule has 2 N–H and O–H groups in total. The maximum Gasteiger partial charge on any atom is 0.161 e. The van der Waals surface area contributed by atoms with Crippen LogP contribution in [0.3, 0.4) is 0 Å². The van der Waals surface area contributed by atoms with E-state index in [2.05, 4.69) is 33.2 Å². The zero-order chi connectivity index (χ0) is 14.2. The number of fused-ring (bicyclic) bond motifs is 2. The Kier molecular flexibility index (Phi) is 2.54. The van der Waals surface area contributed by atoms with Crippen molar-refractivity contribution < 1.29 is 0 Å². The van der Waals surface area contributed by atoms with E-state index in [0.717, 1.165) is 27.4 Å². The molecule has 0 bridgehead atoms. The lowest BCUT2D eigenvalue weighted by atomic mass is 10.1. The second-order valence-corrected chi connectivity index (χ2v) is 4.92. The second-order valence-electron chi connectivity index (χ2n) is 4.92. The van der Waals surface area contributed by atoms with Crippen LogP contribution in [0, 0.1) is 0 Å². The van der Waals surface area contributed by atoms with E-state index < -0.39 is 0 Å². The van der Waals surface area contributed by atoms with Crippen LogP contribution in [-0.2, 0) is 0 Å². The third-order valence-corrected chi connectivity index (χ3v) is 3.49. The van der Waals surface area contributed by atoms with Crippen molar-refractivity contribution in [1.82, 2.24) is 15.0 Å². The zero-order valence-electron chi connectivity index (χ0n) is 11.2. The van der Waals surface area contributed by atoms with Crippen molar-refractivity contribution in [3.05, 3.63) is 60.9 Å².